The largest absolute Gasteiger partial charge is 0.371 e. The summed E-state index contributed by atoms with van der Waals surface area (Å²) in [6.45, 7) is 5.89. The lowest BCUT2D eigenvalue weighted by molar-refractivity contribution is -0.131. The average Bonchev–Trinajstić information content (AvgIpc) is 2.57. The van der Waals surface area contributed by atoms with Crippen molar-refractivity contribution in [3.63, 3.8) is 0 Å². The second-order valence-corrected chi connectivity index (χ2v) is 7.08. The number of likely N-dealkylation sites (tertiary alicyclic amines) is 1. The van der Waals surface area contributed by atoms with Gasteiger partial charge in [0.2, 0.25) is 5.91 Å². The monoisotopic (exact) mass is 356 g/mol. The van der Waals surface area contributed by atoms with Gasteiger partial charge in [0.1, 0.15) is 0 Å². The summed E-state index contributed by atoms with van der Waals surface area (Å²) < 4.78 is 5.93. The third-order valence-electron chi connectivity index (χ3n) is 4.84. The fourth-order valence-corrected chi connectivity index (χ4v) is 3.77. The minimum atomic E-state index is 0.0318. The Balaban J connectivity index is 1.62. The van der Waals surface area contributed by atoms with E-state index in [1.807, 2.05) is 23.1 Å². The molecule has 0 radical (unpaired) electrons. The summed E-state index contributed by atoms with van der Waals surface area (Å²) in [4.78, 5) is 15.9. The molecule has 1 unspecified atom stereocenters. The molecule has 0 bridgehead atoms. The maximum Gasteiger partial charge on any atom is 0.219 e. The Hall–Kier alpha value is -0.810. The molecule has 0 spiro atoms. The molecule has 0 aromatic heterocycles. The van der Waals surface area contributed by atoms with Crippen molar-refractivity contribution in [1.29, 1.82) is 0 Å². The minimum Gasteiger partial charge on any atom is -0.371 e. The standard InChI is InChI=1S/C17H22Cl2N2O2/c1-12(22)20-6-4-14(5-7-20)21-8-9-23-17(11-21)13-2-3-15(18)16(19)10-13/h2-3,10,14,17H,4-9,11H2,1H3. The van der Waals surface area contributed by atoms with Crippen LogP contribution < -0.4 is 0 Å². The number of hydrogen-bond acceptors (Lipinski definition) is 3. The topological polar surface area (TPSA) is 32.8 Å². The molecule has 23 heavy (non-hydrogen) atoms. The van der Waals surface area contributed by atoms with Crippen molar-refractivity contribution in [2.75, 3.05) is 32.8 Å². The summed E-state index contributed by atoms with van der Waals surface area (Å²) in [5.74, 6) is 0.180. The van der Waals surface area contributed by atoms with Gasteiger partial charge < -0.3 is 9.64 Å². The SMILES string of the molecule is CC(=O)N1CCC(N2CCOC(c3ccc(Cl)c(Cl)c3)C2)CC1. The van der Waals surface area contributed by atoms with Gasteiger partial charge in [0.15, 0.2) is 0 Å². The summed E-state index contributed by atoms with van der Waals surface area (Å²) in [6, 6.07) is 6.24. The van der Waals surface area contributed by atoms with Crippen molar-refractivity contribution in [3.05, 3.63) is 33.8 Å². The van der Waals surface area contributed by atoms with Crippen LogP contribution in [-0.2, 0) is 9.53 Å². The van der Waals surface area contributed by atoms with Crippen LogP contribution in [0.2, 0.25) is 10.0 Å². The number of hydrogen-bond donors (Lipinski definition) is 0. The van der Waals surface area contributed by atoms with E-state index in [9.17, 15) is 4.79 Å². The lowest BCUT2D eigenvalue weighted by atomic mass is 10.0. The van der Waals surface area contributed by atoms with Crippen LogP contribution in [-0.4, -0.2) is 54.5 Å². The van der Waals surface area contributed by atoms with Gasteiger partial charge in [-0.3, -0.25) is 9.69 Å². The van der Waals surface area contributed by atoms with E-state index in [1.165, 1.54) is 0 Å². The molecule has 2 saturated heterocycles. The highest BCUT2D eigenvalue weighted by atomic mass is 35.5. The Morgan fingerprint density at radius 3 is 2.57 bits per heavy atom. The number of morpholine rings is 1. The number of halogens is 2. The Bertz CT molecular complexity index is 574. The summed E-state index contributed by atoms with van der Waals surface area (Å²) in [5, 5.41) is 1.14. The molecule has 2 aliphatic rings. The first kappa shape index (κ1) is 17.0. The van der Waals surface area contributed by atoms with E-state index in [0.29, 0.717) is 16.1 Å². The highest BCUT2D eigenvalue weighted by Crippen LogP contribution is 2.30. The maximum atomic E-state index is 11.4. The number of carbonyl (C=O) groups excluding carboxylic acids is 1. The van der Waals surface area contributed by atoms with Gasteiger partial charge in [0.25, 0.3) is 0 Å². The molecule has 3 rings (SSSR count). The lowest BCUT2D eigenvalue weighted by Crippen LogP contribution is -2.50. The van der Waals surface area contributed by atoms with Gasteiger partial charge in [-0.1, -0.05) is 29.3 Å². The number of piperidine rings is 1. The van der Waals surface area contributed by atoms with Gasteiger partial charge in [-0.05, 0) is 30.5 Å². The van der Waals surface area contributed by atoms with Crippen LogP contribution in [0.4, 0.5) is 0 Å². The van der Waals surface area contributed by atoms with Crippen molar-refractivity contribution in [2.24, 2.45) is 0 Å². The van der Waals surface area contributed by atoms with Crippen LogP contribution in [0.15, 0.2) is 18.2 Å². The normalized spacial score (nSPS) is 24.0. The zero-order chi connectivity index (χ0) is 16.4. The van der Waals surface area contributed by atoms with E-state index in [0.717, 1.165) is 51.2 Å². The summed E-state index contributed by atoms with van der Waals surface area (Å²) in [6.07, 6.45) is 2.10. The number of ether oxygens (including phenoxy) is 1. The van der Waals surface area contributed by atoms with Gasteiger partial charge in [-0.2, -0.15) is 0 Å². The van der Waals surface area contributed by atoms with Gasteiger partial charge in [0, 0.05) is 39.1 Å². The first-order valence-electron chi connectivity index (χ1n) is 8.10. The van der Waals surface area contributed by atoms with Gasteiger partial charge in [-0.15, -0.1) is 0 Å². The van der Waals surface area contributed by atoms with Crippen molar-refractivity contribution < 1.29 is 9.53 Å². The molecule has 6 heteroatoms. The molecule has 0 aliphatic carbocycles. The number of rotatable bonds is 2. The fraction of sp³-hybridized carbons (Fsp3) is 0.588. The molecular weight excluding hydrogens is 335 g/mol. The molecule has 1 amide bonds. The summed E-state index contributed by atoms with van der Waals surface area (Å²) >= 11 is 12.1. The average molecular weight is 357 g/mol. The Morgan fingerprint density at radius 1 is 1.17 bits per heavy atom. The van der Waals surface area contributed by atoms with Crippen LogP contribution in [0.25, 0.3) is 0 Å². The van der Waals surface area contributed by atoms with Crippen molar-refractivity contribution in [2.45, 2.75) is 31.9 Å². The van der Waals surface area contributed by atoms with E-state index in [1.54, 1.807) is 6.92 Å². The quantitative estimate of drug-likeness (QED) is 0.814. The second-order valence-electron chi connectivity index (χ2n) is 6.27. The predicted molar refractivity (Wildman–Crippen MR) is 92.0 cm³/mol. The third-order valence-corrected chi connectivity index (χ3v) is 5.58. The van der Waals surface area contributed by atoms with Gasteiger partial charge in [0.05, 0.1) is 22.8 Å². The van der Waals surface area contributed by atoms with Crippen LogP contribution in [0.5, 0.6) is 0 Å². The van der Waals surface area contributed by atoms with Crippen LogP contribution >= 0.6 is 23.2 Å². The van der Waals surface area contributed by atoms with Gasteiger partial charge in [-0.25, -0.2) is 0 Å². The van der Waals surface area contributed by atoms with E-state index < -0.39 is 0 Å². The van der Waals surface area contributed by atoms with Crippen molar-refractivity contribution >= 4 is 29.1 Å². The highest BCUT2D eigenvalue weighted by molar-refractivity contribution is 6.42. The molecule has 1 atom stereocenters. The minimum absolute atomic E-state index is 0.0318. The first-order chi connectivity index (χ1) is 11.0. The maximum absolute atomic E-state index is 11.4. The number of benzene rings is 1. The Kier molecular flexibility index (Phi) is 5.47. The van der Waals surface area contributed by atoms with E-state index in [2.05, 4.69) is 4.90 Å². The molecule has 1 aromatic carbocycles. The summed E-state index contributed by atoms with van der Waals surface area (Å²) in [5.41, 5.74) is 1.07. The molecule has 0 N–H and O–H groups in total. The lowest BCUT2D eigenvalue weighted by Gasteiger charge is -2.42. The predicted octanol–water partition coefficient (Wildman–Crippen LogP) is 3.38. The van der Waals surface area contributed by atoms with Gasteiger partial charge >= 0.3 is 0 Å². The van der Waals surface area contributed by atoms with E-state index in [-0.39, 0.29) is 12.0 Å². The molecule has 0 saturated carbocycles. The zero-order valence-corrected chi connectivity index (χ0v) is 14.8. The van der Waals surface area contributed by atoms with E-state index in [4.69, 9.17) is 27.9 Å². The molecule has 1 aromatic rings. The number of nitrogens with zero attached hydrogens (tertiary/aromatic N) is 2. The molecular formula is C17H22Cl2N2O2. The Morgan fingerprint density at radius 2 is 1.91 bits per heavy atom. The second kappa shape index (κ2) is 7.39. The molecule has 2 heterocycles. The van der Waals surface area contributed by atoms with Crippen molar-refractivity contribution in [1.82, 2.24) is 9.80 Å². The van der Waals surface area contributed by atoms with Crippen LogP contribution in [0.3, 0.4) is 0 Å². The molecule has 2 fully saturated rings. The highest BCUT2D eigenvalue weighted by Gasteiger charge is 2.30. The third kappa shape index (κ3) is 4.00. The van der Waals surface area contributed by atoms with Crippen LogP contribution in [0, 0.1) is 0 Å². The first-order valence-corrected chi connectivity index (χ1v) is 8.86. The summed E-state index contributed by atoms with van der Waals surface area (Å²) in [7, 11) is 0. The molecule has 126 valence electrons. The smallest absolute Gasteiger partial charge is 0.219 e. The van der Waals surface area contributed by atoms with E-state index >= 15 is 0 Å². The molecule has 2 aliphatic heterocycles. The van der Waals surface area contributed by atoms with Crippen LogP contribution in [0.1, 0.15) is 31.4 Å². The number of carbonyl (C=O) groups is 1. The number of amides is 1. The fourth-order valence-electron chi connectivity index (χ4n) is 3.46. The Labute approximate surface area is 147 Å². The zero-order valence-electron chi connectivity index (χ0n) is 13.3. The van der Waals surface area contributed by atoms with Crippen molar-refractivity contribution in [3.8, 4) is 0 Å². The molecule has 4 nitrogen and oxygen atoms in total.